The Morgan fingerprint density at radius 1 is 1.18 bits per heavy atom. The monoisotopic (exact) mass is 231 g/mol. The minimum atomic E-state index is 0.437. The molecule has 1 aliphatic rings. The van der Waals surface area contributed by atoms with E-state index in [1.54, 1.807) is 0 Å². The molecule has 2 rings (SSSR count). The van der Waals surface area contributed by atoms with Gasteiger partial charge in [0, 0.05) is 25.1 Å². The number of hydrogen-bond donors (Lipinski definition) is 1. The van der Waals surface area contributed by atoms with Crippen molar-refractivity contribution in [2.75, 3.05) is 11.9 Å². The van der Waals surface area contributed by atoms with E-state index < -0.39 is 0 Å². The maximum Gasteiger partial charge on any atom is 0.132 e. The Balaban J connectivity index is 1.85. The normalized spacial score (nSPS) is 17.2. The van der Waals surface area contributed by atoms with Crippen molar-refractivity contribution in [3.05, 3.63) is 29.3 Å². The maximum absolute atomic E-state index is 11.1. The molecule has 0 atom stereocenters. The second-order valence-electron chi connectivity index (χ2n) is 5.16. The standard InChI is InChI=1S/C15H21NO/c1-11-3-6-14(9-12(11)2)16-10-13-4-7-15(17)8-5-13/h3,6,9,13,16H,4-5,7-8,10H2,1-2H3. The van der Waals surface area contributed by atoms with Crippen LogP contribution < -0.4 is 5.32 Å². The molecule has 0 aliphatic heterocycles. The summed E-state index contributed by atoms with van der Waals surface area (Å²) in [6.45, 7) is 5.27. The van der Waals surface area contributed by atoms with Crippen LogP contribution in [-0.2, 0) is 4.79 Å². The molecule has 1 aromatic carbocycles. The number of benzene rings is 1. The second-order valence-corrected chi connectivity index (χ2v) is 5.16. The first-order valence-electron chi connectivity index (χ1n) is 6.48. The fourth-order valence-electron chi connectivity index (χ4n) is 2.32. The first-order valence-corrected chi connectivity index (χ1v) is 6.48. The highest BCUT2D eigenvalue weighted by molar-refractivity contribution is 5.79. The Hall–Kier alpha value is -1.31. The van der Waals surface area contributed by atoms with Gasteiger partial charge in [-0.2, -0.15) is 0 Å². The van der Waals surface area contributed by atoms with Crippen molar-refractivity contribution in [2.45, 2.75) is 39.5 Å². The van der Waals surface area contributed by atoms with Gasteiger partial charge in [0.25, 0.3) is 0 Å². The first-order chi connectivity index (χ1) is 8.15. The number of rotatable bonds is 3. The Morgan fingerprint density at radius 3 is 2.53 bits per heavy atom. The van der Waals surface area contributed by atoms with E-state index in [1.807, 2.05) is 0 Å². The molecule has 0 unspecified atom stereocenters. The number of carbonyl (C=O) groups is 1. The lowest BCUT2D eigenvalue weighted by Gasteiger charge is -2.21. The number of aryl methyl sites for hydroxylation is 2. The summed E-state index contributed by atoms with van der Waals surface area (Å²) in [6, 6.07) is 6.49. The topological polar surface area (TPSA) is 29.1 Å². The second kappa shape index (κ2) is 5.35. The van der Waals surface area contributed by atoms with Crippen molar-refractivity contribution in [1.29, 1.82) is 0 Å². The average molecular weight is 231 g/mol. The zero-order valence-electron chi connectivity index (χ0n) is 10.8. The molecule has 0 saturated heterocycles. The van der Waals surface area contributed by atoms with E-state index in [2.05, 4.69) is 37.4 Å². The van der Waals surface area contributed by atoms with E-state index in [0.29, 0.717) is 11.7 Å². The van der Waals surface area contributed by atoms with E-state index >= 15 is 0 Å². The molecule has 1 fully saturated rings. The van der Waals surface area contributed by atoms with E-state index in [9.17, 15) is 4.79 Å². The van der Waals surface area contributed by atoms with Crippen molar-refractivity contribution in [3.8, 4) is 0 Å². The Morgan fingerprint density at radius 2 is 1.88 bits per heavy atom. The lowest BCUT2D eigenvalue weighted by atomic mass is 9.88. The van der Waals surface area contributed by atoms with Gasteiger partial charge in [0.15, 0.2) is 0 Å². The molecule has 0 spiro atoms. The fraction of sp³-hybridized carbons (Fsp3) is 0.533. The van der Waals surface area contributed by atoms with Gasteiger partial charge in [-0.3, -0.25) is 4.79 Å². The van der Waals surface area contributed by atoms with Gasteiger partial charge in [-0.25, -0.2) is 0 Å². The largest absolute Gasteiger partial charge is 0.385 e. The third kappa shape index (κ3) is 3.32. The Kier molecular flexibility index (Phi) is 3.82. The van der Waals surface area contributed by atoms with Gasteiger partial charge in [-0.1, -0.05) is 6.07 Å². The minimum Gasteiger partial charge on any atom is -0.385 e. The zero-order chi connectivity index (χ0) is 12.3. The summed E-state index contributed by atoms with van der Waals surface area (Å²) in [5.74, 6) is 1.10. The molecule has 0 amide bonds. The van der Waals surface area contributed by atoms with Crippen LogP contribution in [0.5, 0.6) is 0 Å². The van der Waals surface area contributed by atoms with Gasteiger partial charge in [0.2, 0.25) is 0 Å². The van der Waals surface area contributed by atoms with Crippen LogP contribution in [-0.4, -0.2) is 12.3 Å². The third-order valence-corrected chi connectivity index (χ3v) is 3.76. The van der Waals surface area contributed by atoms with Crippen molar-refractivity contribution in [1.82, 2.24) is 0 Å². The minimum absolute atomic E-state index is 0.437. The highest BCUT2D eigenvalue weighted by Gasteiger charge is 2.18. The molecule has 0 aromatic heterocycles. The number of ketones is 1. The van der Waals surface area contributed by atoms with Gasteiger partial charge in [-0.05, 0) is 55.9 Å². The summed E-state index contributed by atoms with van der Waals surface area (Å²) < 4.78 is 0. The highest BCUT2D eigenvalue weighted by Crippen LogP contribution is 2.22. The molecule has 1 aromatic rings. The molecule has 1 N–H and O–H groups in total. The summed E-state index contributed by atoms with van der Waals surface area (Å²) in [6.07, 6.45) is 3.66. The van der Waals surface area contributed by atoms with E-state index in [1.165, 1.54) is 16.8 Å². The smallest absolute Gasteiger partial charge is 0.132 e. The van der Waals surface area contributed by atoms with Crippen molar-refractivity contribution in [2.24, 2.45) is 5.92 Å². The summed E-state index contributed by atoms with van der Waals surface area (Å²) in [7, 11) is 0. The lowest BCUT2D eigenvalue weighted by Crippen LogP contribution is -2.21. The molecular formula is C15H21NO. The molecule has 0 radical (unpaired) electrons. The summed E-state index contributed by atoms with van der Waals surface area (Å²) >= 11 is 0. The molecule has 1 saturated carbocycles. The summed E-state index contributed by atoms with van der Waals surface area (Å²) in [4.78, 5) is 11.1. The van der Waals surface area contributed by atoms with Crippen LogP contribution in [0.3, 0.4) is 0 Å². The van der Waals surface area contributed by atoms with Crippen molar-refractivity contribution < 1.29 is 4.79 Å². The van der Waals surface area contributed by atoms with Gasteiger partial charge < -0.3 is 5.32 Å². The third-order valence-electron chi connectivity index (χ3n) is 3.76. The molecule has 92 valence electrons. The fourth-order valence-corrected chi connectivity index (χ4v) is 2.32. The Bertz CT molecular complexity index is 401. The number of nitrogens with one attached hydrogen (secondary N) is 1. The molecule has 17 heavy (non-hydrogen) atoms. The van der Waals surface area contributed by atoms with Crippen LogP contribution in [0.15, 0.2) is 18.2 Å². The van der Waals surface area contributed by atoms with Crippen LogP contribution in [0.2, 0.25) is 0 Å². The lowest BCUT2D eigenvalue weighted by molar-refractivity contribution is -0.120. The molecule has 0 heterocycles. The first kappa shape index (κ1) is 12.2. The van der Waals surface area contributed by atoms with Gasteiger partial charge in [-0.15, -0.1) is 0 Å². The van der Waals surface area contributed by atoms with Crippen LogP contribution in [0, 0.1) is 19.8 Å². The molecule has 2 heteroatoms. The van der Waals surface area contributed by atoms with E-state index in [-0.39, 0.29) is 0 Å². The zero-order valence-corrected chi connectivity index (χ0v) is 10.8. The van der Waals surface area contributed by atoms with Crippen molar-refractivity contribution in [3.63, 3.8) is 0 Å². The van der Waals surface area contributed by atoms with Crippen LogP contribution in [0.4, 0.5) is 5.69 Å². The number of Topliss-reactive ketones (excluding diaryl/α,β-unsaturated/α-hetero) is 1. The molecular weight excluding hydrogens is 210 g/mol. The Labute approximate surface area is 103 Å². The average Bonchev–Trinajstić information content (AvgIpc) is 2.33. The van der Waals surface area contributed by atoms with Crippen LogP contribution in [0.25, 0.3) is 0 Å². The van der Waals surface area contributed by atoms with Gasteiger partial charge in [0.1, 0.15) is 5.78 Å². The predicted octanol–water partition coefficient (Wildman–Crippen LogP) is 3.47. The van der Waals surface area contributed by atoms with Gasteiger partial charge in [0.05, 0.1) is 0 Å². The number of hydrogen-bond acceptors (Lipinski definition) is 2. The van der Waals surface area contributed by atoms with Crippen molar-refractivity contribution >= 4 is 11.5 Å². The van der Waals surface area contributed by atoms with Gasteiger partial charge >= 0.3 is 0 Å². The number of carbonyl (C=O) groups excluding carboxylic acids is 1. The highest BCUT2D eigenvalue weighted by atomic mass is 16.1. The molecule has 1 aliphatic carbocycles. The van der Waals surface area contributed by atoms with E-state index in [0.717, 1.165) is 32.2 Å². The summed E-state index contributed by atoms with van der Waals surface area (Å²) in [5.41, 5.74) is 3.86. The van der Waals surface area contributed by atoms with Crippen LogP contribution in [0.1, 0.15) is 36.8 Å². The maximum atomic E-state index is 11.1. The SMILES string of the molecule is Cc1ccc(NCC2CCC(=O)CC2)cc1C. The molecule has 0 bridgehead atoms. The molecule has 2 nitrogen and oxygen atoms in total. The number of anilines is 1. The predicted molar refractivity (Wildman–Crippen MR) is 71.4 cm³/mol. The quantitative estimate of drug-likeness (QED) is 0.863. The summed E-state index contributed by atoms with van der Waals surface area (Å²) in [5, 5.41) is 3.49. The van der Waals surface area contributed by atoms with E-state index in [4.69, 9.17) is 0 Å². The van der Waals surface area contributed by atoms with Crippen LogP contribution >= 0.6 is 0 Å².